The van der Waals surface area contributed by atoms with Crippen molar-refractivity contribution in [3.63, 3.8) is 0 Å². The number of aliphatic carboxylic acids is 1. The molecule has 6 heteroatoms. The number of carbonyl (C=O) groups is 2. The largest absolute Gasteiger partial charge is 0.497 e. The summed E-state index contributed by atoms with van der Waals surface area (Å²) in [6.45, 7) is 2.14. The molecule has 0 aromatic rings. The number of carboxylic acid groups (broad SMARTS) is 1. The van der Waals surface area contributed by atoms with Crippen LogP contribution in [-0.2, 0) is 19.1 Å². The molecule has 1 rings (SSSR count). The van der Waals surface area contributed by atoms with Crippen LogP contribution in [0.5, 0.6) is 0 Å². The van der Waals surface area contributed by atoms with Gasteiger partial charge in [0.1, 0.15) is 13.2 Å². The van der Waals surface area contributed by atoms with E-state index in [1.54, 1.807) is 6.92 Å². The number of thiol groups is 1. The van der Waals surface area contributed by atoms with Gasteiger partial charge in [-0.1, -0.05) is 12.8 Å². The number of carbonyl (C=O) groups excluding carboxylic acids is 1. The third-order valence-electron chi connectivity index (χ3n) is 3.09. The van der Waals surface area contributed by atoms with E-state index >= 15 is 0 Å². The molecule has 0 saturated heterocycles. The average Bonchev–Trinajstić information content (AvgIpc) is 2.37. The zero-order valence-corrected chi connectivity index (χ0v) is 11.9. The molecule has 5 nitrogen and oxygen atoms in total. The fourth-order valence-electron chi connectivity index (χ4n) is 2.19. The standard InChI is InChI=1S/C13H20O5S/c1-9(19)8-17-6-7-18-13(16)11-5-3-2-4-10(11)12(14)15/h8,10-11,19H,2-7H2,1H3,(H,14,15). The predicted octanol–water partition coefficient (Wildman–Crippen LogP) is 2.23. The predicted molar refractivity (Wildman–Crippen MR) is 72.7 cm³/mol. The van der Waals surface area contributed by atoms with Crippen LogP contribution in [-0.4, -0.2) is 30.3 Å². The first-order valence-electron chi connectivity index (χ1n) is 6.39. The van der Waals surface area contributed by atoms with Crippen LogP contribution in [0, 0.1) is 11.8 Å². The lowest BCUT2D eigenvalue weighted by Gasteiger charge is -2.26. The maximum Gasteiger partial charge on any atom is 0.309 e. The number of ether oxygens (including phenoxy) is 2. The van der Waals surface area contributed by atoms with Gasteiger partial charge in [-0.15, -0.1) is 12.6 Å². The number of rotatable bonds is 6. The Balaban J connectivity index is 2.35. The molecule has 0 aromatic heterocycles. The summed E-state index contributed by atoms with van der Waals surface area (Å²) in [5.74, 6) is -2.47. The zero-order valence-electron chi connectivity index (χ0n) is 11.0. The summed E-state index contributed by atoms with van der Waals surface area (Å²) in [4.78, 5) is 23.6. The minimum atomic E-state index is -0.911. The number of allylic oxidation sites excluding steroid dienone is 1. The van der Waals surface area contributed by atoms with E-state index in [1.807, 2.05) is 0 Å². The highest BCUT2D eigenvalue weighted by Gasteiger charge is 2.36. The highest BCUT2D eigenvalue weighted by atomic mass is 32.1. The Bertz CT molecular complexity index is 349. The van der Waals surface area contributed by atoms with Crippen molar-refractivity contribution in [1.29, 1.82) is 0 Å². The Morgan fingerprint density at radius 3 is 2.47 bits per heavy atom. The quantitative estimate of drug-likeness (QED) is 0.339. The second-order valence-corrected chi connectivity index (χ2v) is 5.34. The van der Waals surface area contributed by atoms with E-state index in [2.05, 4.69) is 12.6 Å². The van der Waals surface area contributed by atoms with E-state index < -0.39 is 23.8 Å². The van der Waals surface area contributed by atoms with Crippen LogP contribution in [0.15, 0.2) is 11.2 Å². The summed E-state index contributed by atoms with van der Waals surface area (Å²) >= 11 is 4.02. The molecular weight excluding hydrogens is 268 g/mol. The first-order valence-corrected chi connectivity index (χ1v) is 6.84. The lowest BCUT2D eigenvalue weighted by atomic mass is 9.79. The molecule has 2 unspecified atom stereocenters. The van der Waals surface area contributed by atoms with Gasteiger partial charge in [0.15, 0.2) is 0 Å². The van der Waals surface area contributed by atoms with Crippen molar-refractivity contribution in [2.75, 3.05) is 13.2 Å². The zero-order chi connectivity index (χ0) is 14.3. The van der Waals surface area contributed by atoms with E-state index in [1.165, 1.54) is 6.26 Å². The Morgan fingerprint density at radius 1 is 1.26 bits per heavy atom. The number of esters is 1. The van der Waals surface area contributed by atoms with Gasteiger partial charge >= 0.3 is 11.9 Å². The monoisotopic (exact) mass is 288 g/mol. The van der Waals surface area contributed by atoms with E-state index in [-0.39, 0.29) is 13.2 Å². The van der Waals surface area contributed by atoms with Crippen molar-refractivity contribution in [2.24, 2.45) is 11.8 Å². The third-order valence-corrected chi connectivity index (χ3v) is 3.19. The lowest BCUT2D eigenvalue weighted by molar-refractivity contribution is -0.160. The number of carboxylic acids is 1. The molecule has 0 amide bonds. The summed E-state index contributed by atoms with van der Waals surface area (Å²) < 4.78 is 10.1. The molecule has 2 atom stereocenters. The average molecular weight is 288 g/mol. The normalized spacial score (nSPS) is 23.8. The van der Waals surface area contributed by atoms with Gasteiger partial charge in [0.2, 0.25) is 0 Å². The topological polar surface area (TPSA) is 72.8 Å². The lowest BCUT2D eigenvalue weighted by Crippen LogP contribution is -2.34. The first kappa shape index (κ1) is 15.9. The summed E-state index contributed by atoms with van der Waals surface area (Å²) in [5.41, 5.74) is 0. The summed E-state index contributed by atoms with van der Waals surface area (Å²) in [7, 11) is 0. The molecule has 0 aliphatic heterocycles. The maximum atomic E-state index is 11.8. The van der Waals surface area contributed by atoms with E-state index in [0.29, 0.717) is 12.8 Å². The van der Waals surface area contributed by atoms with Crippen molar-refractivity contribution in [2.45, 2.75) is 32.6 Å². The molecule has 0 aromatic carbocycles. The first-order chi connectivity index (χ1) is 9.02. The van der Waals surface area contributed by atoms with Gasteiger partial charge in [-0.05, 0) is 19.8 Å². The van der Waals surface area contributed by atoms with Crippen molar-refractivity contribution in [1.82, 2.24) is 0 Å². The number of hydrogen-bond donors (Lipinski definition) is 2. The minimum Gasteiger partial charge on any atom is -0.497 e. The molecule has 0 spiro atoms. The second-order valence-electron chi connectivity index (χ2n) is 4.63. The van der Waals surface area contributed by atoms with Crippen LogP contribution < -0.4 is 0 Å². The van der Waals surface area contributed by atoms with Crippen LogP contribution in [0.3, 0.4) is 0 Å². The van der Waals surface area contributed by atoms with Crippen molar-refractivity contribution >= 4 is 24.6 Å². The summed E-state index contributed by atoms with van der Waals surface area (Å²) in [6.07, 6.45) is 4.34. The molecule has 1 saturated carbocycles. The SMILES string of the molecule is CC(S)=COCCOC(=O)C1CCCCC1C(=O)O. The molecular formula is C13H20O5S. The van der Waals surface area contributed by atoms with Gasteiger partial charge in [-0.25, -0.2) is 0 Å². The molecule has 0 radical (unpaired) electrons. The van der Waals surface area contributed by atoms with Crippen LogP contribution in [0.25, 0.3) is 0 Å². The molecule has 1 aliphatic rings. The minimum absolute atomic E-state index is 0.124. The molecule has 19 heavy (non-hydrogen) atoms. The fraction of sp³-hybridized carbons (Fsp3) is 0.692. The van der Waals surface area contributed by atoms with Gasteiger partial charge in [-0.3, -0.25) is 9.59 Å². The molecule has 108 valence electrons. The Morgan fingerprint density at radius 2 is 1.89 bits per heavy atom. The highest BCUT2D eigenvalue weighted by molar-refractivity contribution is 7.84. The molecule has 1 fully saturated rings. The van der Waals surface area contributed by atoms with Crippen LogP contribution in [0.2, 0.25) is 0 Å². The van der Waals surface area contributed by atoms with E-state index in [0.717, 1.165) is 17.7 Å². The van der Waals surface area contributed by atoms with Gasteiger partial charge in [0.05, 0.1) is 18.1 Å². The van der Waals surface area contributed by atoms with Crippen LogP contribution in [0.4, 0.5) is 0 Å². The van der Waals surface area contributed by atoms with Crippen molar-refractivity contribution in [3.8, 4) is 0 Å². The summed E-state index contributed by atoms with van der Waals surface area (Å²) in [6, 6.07) is 0. The van der Waals surface area contributed by atoms with Crippen LogP contribution >= 0.6 is 12.6 Å². The molecule has 1 N–H and O–H groups in total. The molecule has 0 heterocycles. The third kappa shape index (κ3) is 5.55. The fourth-order valence-corrected chi connectivity index (χ4v) is 2.26. The van der Waals surface area contributed by atoms with Gasteiger partial charge in [-0.2, -0.15) is 0 Å². The smallest absolute Gasteiger partial charge is 0.309 e. The second kappa shape index (κ2) is 8.09. The Labute approximate surface area is 118 Å². The van der Waals surface area contributed by atoms with Gasteiger partial charge < -0.3 is 14.6 Å². The Hall–Kier alpha value is -1.17. The Kier molecular flexibility index (Phi) is 6.77. The number of hydrogen-bond acceptors (Lipinski definition) is 5. The molecule has 0 bridgehead atoms. The van der Waals surface area contributed by atoms with Crippen LogP contribution in [0.1, 0.15) is 32.6 Å². The van der Waals surface area contributed by atoms with Gasteiger partial charge in [0, 0.05) is 4.91 Å². The molecule has 1 aliphatic carbocycles. The van der Waals surface area contributed by atoms with Crippen molar-refractivity contribution in [3.05, 3.63) is 11.2 Å². The highest BCUT2D eigenvalue weighted by Crippen LogP contribution is 2.31. The van der Waals surface area contributed by atoms with Gasteiger partial charge in [0.25, 0.3) is 0 Å². The van der Waals surface area contributed by atoms with Crippen molar-refractivity contribution < 1.29 is 24.2 Å². The van der Waals surface area contributed by atoms with E-state index in [4.69, 9.17) is 14.6 Å². The van der Waals surface area contributed by atoms with E-state index in [9.17, 15) is 9.59 Å². The maximum absolute atomic E-state index is 11.8. The summed E-state index contributed by atoms with van der Waals surface area (Å²) in [5, 5.41) is 9.08.